The van der Waals surface area contributed by atoms with Crippen molar-refractivity contribution in [3.05, 3.63) is 51.7 Å². The molecule has 2 heterocycles. The number of hydrogen-bond acceptors (Lipinski definition) is 5. The van der Waals surface area contributed by atoms with E-state index in [2.05, 4.69) is 27.5 Å². The van der Waals surface area contributed by atoms with E-state index in [1.54, 1.807) is 0 Å². The lowest BCUT2D eigenvalue weighted by Crippen LogP contribution is -2.28. The second-order valence-corrected chi connectivity index (χ2v) is 9.55. The van der Waals surface area contributed by atoms with Crippen molar-refractivity contribution < 1.29 is 27.1 Å². The van der Waals surface area contributed by atoms with Crippen molar-refractivity contribution in [3.63, 3.8) is 0 Å². The summed E-state index contributed by atoms with van der Waals surface area (Å²) >= 11 is 6.07. The molecular formula is C26H35ClF4N4O2. The van der Waals surface area contributed by atoms with Gasteiger partial charge >= 0.3 is 0 Å². The molecule has 0 aliphatic carbocycles. The van der Waals surface area contributed by atoms with Crippen molar-refractivity contribution in [3.8, 4) is 0 Å². The Hall–Kier alpha value is -2.46. The Bertz CT molecular complexity index is 1000. The lowest BCUT2D eigenvalue weighted by Gasteiger charge is -2.26. The molecule has 1 aromatic heterocycles. The first kappa shape index (κ1) is 30.8. The summed E-state index contributed by atoms with van der Waals surface area (Å²) < 4.78 is 60.7. The van der Waals surface area contributed by atoms with Crippen LogP contribution >= 0.6 is 11.6 Å². The number of carbonyl (C=O) groups excluding carboxylic acids is 1. The van der Waals surface area contributed by atoms with E-state index < -0.39 is 23.5 Å². The zero-order valence-electron chi connectivity index (χ0n) is 21.4. The van der Waals surface area contributed by atoms with Gasteiger partial charge in [0.25, 0.3) is 6.43 Å². The molecule has 1 aliphatic rings. The molecule has 0 spiro atoms. The van der Waals surface area contributed by atoms with Crippen LogP contribution in [0.25, 0.3) is 0 Å². The minimum absolute atomic E-state index is 0.00480. The molecule has 3 rings (SSSR count). The van der Waals surface area contributed by atoms with Crippen LogP contribution in [0.2, 0.25) is 5.28 Å². The molecule has 0 atom stereocenters. The van der Waals surface area contributed by atoms with Gasteiger partial charge in [-0.1, -0.05) is 51.8 Å². The quantitative estimate of drug-likeness (QED) is 0.169. The largest absolute Gasteiger partial charge is 0.381 e. The summed E-state index contributed by atoms with van der Waals surface area (Å²) in [7, 11) is 0. The maximum absolute atomic E-state index is 15.5. The monoisotopic (exact) mass is 546 g/mol. The Kier molecular flexibility index (Phi) is 12.5. The molecule has 1 fully saturated rings. The van der Waals surface area contributed by atoms with Crippen LogP contribution in [0, 0.1) is 11.7 Å². The average molecular weight is 547 g/mol. The van der Waals surface area contributed by atoms with Crippen LogP contribution < -0.4 is 10.6 Å². The average Bonchev–Trinajstić information content (AvgIpc) is 2.82. The van der Waals surface area contributed by atoms with Gasteiger partial charge in [-0.2, -0.15) is 0 Å². The van der Waals surface area contributed by atoms with Crippen LogP contribution in [0.4, 0.5) is 23.4 Å². The predicted molar refractivity (Wildman–Crippen MR) is 136 cm³/mol. The van der Waals surface area contributed by atoms with Gasteiger partial charge < -0.3 is 15.4 Å². The molecule has 1 amide bonds. The highest BCUT2D eigenvalue weighted by molar-refractivity contribution is 6.28. The molecule has 206 valence electrons. The van der Waals surface area contributed by atoms with Crippen molar-refractivity contribution in [2.24, 2.45) is 5.92 Å². The fourth-order valence-corrected chi connectivity index (χ4v) is 4.24. The Morgan fingerprint density at radius 1 is 1.19 bits per heavy atom. The number of benzene rings is 1. The topological polar surface area (TPSA) is 76.1 Å². The zero-order valence-corrected chi connectivity index (χ0v) is 22.2. The summed E-state index contributed by atoms with van der Waals surface area (Å²) in [6.45, 7) is 7.76. The number of amides is 1. The van der Waals surface area contributed by atoms with Crippen molar-refractivity contribution >= 4 is 23.8 Å². The summed E-state index contributed by atoms with van der Waals surface area (Å²) in [5, 5.41) is 5.24. The number of carbonyl (C=O) groups is 1. The van der Waals surface area contributed by atoms with Crippen molar-refractivity contribution in [2.75, 3.05) is 18.5 Å². The van der Waals surface area contributed by atoms with Gasteiger partial charge in [-0.15, -0.1) is 0 Å². The third kappa shape index (κ3) is 9.41. The van der Waals surface area contributed by atoms with E-state index in [4.69, 9.17) is 16.3 Å². The molecule has 0 bridgehead atoms. The SMILES string of the molecule is CC1COC1.CCCC(F)(CCC)Cc1nc(Cl)nc(NCc2cccc(C(F)F)c2F)c1CNC=O. The minimum Gasteiger partial charge on any atom is -0.381 e. The summed E-state index contributed by atoms with van der Waals surface area (Å²) in [6.07, 6.45) is -0.554. The number of hydrogen-bond donors (Lipinski definition) is 2. The van der Waals surface area contributed by atoms with Gasteiger partial charge in [0.2, 0.25) is 11.7 Å². The Morgan fingerprint density at radius 2 is 1.84 bits per heavy atom. The number of nitrogens with zero attached hydrogens (tertiary/aromatic N) is 2. The van der Waals surface area contributed by atoms with Gasteiger partial charge in [-0.25, -0.2) is 27.5 Å². The molecule has 1 aromatic carbocycles. The van der Waals surface area contributed by atoms with Gasteiger partial charge in [0.15, 0.2) is 0 Å². The lowest BCUT2D eigenvalue weighted by molar-refractivity contribution is -0.109. The number of halogens is 5. The Balaban J connectivity index is 0.000000856. The van der Waals surface area contributed by atoms with Crippen LogP contribution in [0.3, 0.4) is 0 Å². The number of ether oxygens (including phenoxy) is 1. The van der Waals surface area contributed by atoms with E-state index in [-0.39, 0.29) is 36.2 Å². The molecule has 1 aliphatic heterocycles. The second kappa shape index (κ2) is 15.1. The third-order valence-corrected chi connectivity index (χ3v) is 6.07. The third-order valence-electron chi connectivity index (χ3n) is 5.90. The van der Waals surface area contributed by atoms with Crippen LogP contribution in [0.1, 0.15) is 75.3 Å². The molecular weight excluding hydrogens is 512 g/mol. The van der Waals surface area contributed by atoms with E-state index in [0.717, 1.165) is 25.2 Å². The standard InChI is InChI=1S/C22H27ClF4N4O.C4H8O/c1-3-8-22(27,9-4-2)10-17-16(12-28-13-32)20(31-21(23)30-17)29-11-14-6-5-7-15(18(14)24)19(25)26;1-4-2-5-3-4/h5-7,13,19H,3-4,8-12H2,1-2H3,(H,28,32)(H,29,30,31);4H,2-3H2,1H3. The van der Waals surface area contributed by atoms with Gasteiger partial charge in [0.05, 0.1) is 24.5 Å². The number of alkyl halides is 3. The van der Waals surface area contributed by atoms with E-state index in [1.807, 2.05) is 13.8 Å². The van der Waals surface area contributed by atoms with Gasteiger partial charge in [-0.3, -0.25) is 4.79 Å². The van der Waals surface area contributed by atoms with Crippen LogP contribution in [-0.4, -0.2) is 35.3 Å². The smallest absolute Gasteiger partial charge is 0.266 e. The highest BCUT2D eigenvalue weighted by Gasteiger charge is 2.31. The van der Waals surface area contributed by atoms with E-state index in [9.17, 15) is 18.0 Å². The molecule has 0 unspecified atom stereocenters. The summed E-state index contributed by atoms with van der Waals surface area (Å²) in [6, 6.07) is 3.73. The van der Waals surface area contributed by atoms with E-state index >= 15 is 4.39 Å². The summed E-state index contributed by atoms with van der Waals surface area (Å²) in [5.74, 6) is -0.00171. The normalized spacial score (nSPS) is 13.5. The highest BCUT2D eigenvalue weighted by Crippen LogP contribution is 2.32. The molecule has 0 saturated carbocycles. The molecule has 37 heavy (non-hydrogen) atoms. The molecule has 1 saturated heterocycles. The van der Waals surface area contributed by atoms with E-state index in [1.165, 1.54) is 12.1 Å². The summed E-state index contributed by atoms with van der Waals surface area (Å²) in [5.41, 5.74) is -1.47. The lowest BCUT2D eigenvalue weighted by atomic mass is 9.88. The molecule has 11 heteroatoms. The Labute approximate surface area is 220 Å². The maximum atomic E-state index is 15.5. The van der Waals surface area contributed by atoms with Crippen molar-refractivity contribution in [2.45, 2.75) is 78.1 Å². The zero-order chi connectivity index (χ0) is 27.4. The Morgan fingerprint density at radius 3 is 2.35 bits per heavy atom. The fraction of sp³-hybridized carbons (Fsp3) is 0.577. The molecule has 2 N–H and O–H groups in total. The first-order valence-corrected chi connectivity index (χ1v) is 12.8. The molecule has 2 aromatic rings. The van der Waals surface area contributed by atoms with Crippen LogP contribution in [-0.2, 0) is 29.0 Å². The van der Waals surface area contributed by atoms with Crippen LogP contribution in [0.5, 0.6) is 0 Å². The second-order valence-electron chi connectivity index (χ2n) is 9.21. The minimum atomic E-state index is -2.95. The number of anilines is 1. The van der Waals surface area contributed by atoms with Gasteiger partial charge in [-0.05, 0) is 24.4 Å². The number of nitrogens with one attached hydrogen (secondary N) is 2. The van der Waals surface area contributed by atoms with Crippen molar-refractivity contribution in [1.29, 1.82) is 0 Å². The van der Waals surface area contributed by atoms with Crippen molar-refractivity contribution in [1.82, 2.24) is 15.3 Å². The van der Waals surface area contributed by atoms with Crippen LogP contribution in [0.15, 0.2) is 18.2 Å². The predicted octanol–water partition coefficient (Wildman–Crippen LogP) is 6.57. The first-order chi connectivity index (χ1) is 17.6. The summed E-state index contributed by atoms with van der Waals surface area (Å²) in [4.78, 5) is 19.2. The van der Waals surface area contributed by atoms with Gasteiger partial charge in [0, 0.05) is 36.6 Å². The number of aromatic nitrogens is 2. The maximum Gasteiger partial charge on any atom is 0.266 e. The molecule has 0 radical (unpaired) electrons. The van der Waals surface area contributed by atoms with Gasteiger partial charge in [0.1, 0.15) is 17.3 Å². The molecule has 6 nitrogen and oxygen atoms in total. The number of rotatable bonds is 13. The fourth-order valence-electron chi connectivity index (χ4n) is 4.06. The first-order valence-electron chi connectivity index (χ1n) is 12.4. The van der Waals surface area contributed by atoms with E-state index in [0.29, 0.717) is 43.4 Å². The highest BCUT2D eigenvalue weighted by atomic mass is 35.5.